The van der Waals surface area contributed by atoms with Crippen molar-refractivity contribution in [3.63, 3.8) is 0 Å². The van der Waals surface area contributed by atoms with Gasteiger partial charge in [0, 0.05) is 20.2 Å². The lowest BCUT2D eigenvalue weighted by atomic mass is 10.4. The largest absolute Gasteiger partial charge is 0.447 e. The van der Waals surface area contributed by atoms with Crippen molar-refractivity contribution in [3.8, 4) is 0 Å². The fraction of sp³-hybridized carbons (Fsp3) is 0.750. The Labute approximate surface area is 82.1 Å². The number of ether oxygens (including phenoxy) is 2. The van der Waals surface area contributed by atoms with Crippen molar-refractivity contribution in [2.75, 3.05) is 40.0 Å². The highest BCUT2D eigenvalue weighted by Crippen LogP contribution is 1.97. The molecule has 1 aliphatic heterocycles. The Hall–Kier alpha value is -1.30. The predicted molar refractivity (Wildman–Crippen MR) is 47.8 cm³/mol. The smallest absolute Gasteiger partial charge is 0.410 e. The van der Waals surface area contributed by atoms with Gasteiger partial charge in [-0.05, 0) is 0 Å². The number of nitrogens with one attached hydrogen (secondary N) is 1. The predicted octanol–water partition coefficient (Wildman–Crippen LogP) is -0.799. The van der Waals surface area contributed by atoms with Gasteiger partial charge in [-0.3, -0.25) is 9.69 Å². The zero-order chi connectivity index (χ0) is 10.4. The van der Waals surface area contributed by atoms with Crippen LogP contribution < -0.4 is 5.32 Å². The number of piperazine rings is 1. The van der Waals surface area contributed by atoms with E-state index in [0.29, 0.717) is 19.7 Å². The molecule has 1 saturated heterocycles. The van der Waals surface area contributed by atoms with Crippen molar-refractivity contribution < 1.29 is 19.1 Å². The first kappa shape index (κ1) is 10.8. The number of rotatable bonds is 3. The van der Waals surface area contributed by atoms with Gasteiger partial charge in [-0.2, -0.15) is 0 Å². The van der Waals surface area contributed by atoms with Crippen LogP contribution in [0.25, 0.3) is 0 Å². The molecule has 6 nitrogen and oxygen atoms in total. The highest BCUT2D eigenvalue weighted by Gasteiger charge is 2.21. The van der Waals surface area contributed by atoms with E-state index >= 15 is 0 Å². The summed E-state index contributed by atoms with van der Waals surface area (Å²) >= 11 is 0. The van der Waals surface area contributed by atoms with E-state index in [2.05, 4.69) is 5.32 Å². The van der Waals surface area contributed by atoms with E-state index in [-0.39, 0.29) is 19.1 Å². The first-order valence-corrected chi connectivity index (χ1v) is 4.41. The molecule has 0 unspecified atom stereocenters. The third-order valence-corrected chi connectivity index (χ3v) is 1.81. The molecule has 1 N–H and O–H groups in total. The van der Waals surface area contributed by atoms with Gasteiger partial charge in [0.25, 0.3) is 0 Å². The summed E-state index contributed by atoms with van der Waals surface area (Å²) in [5.74, 6) is -0.153. The number of amides is 2. The highest BCUT2D eigenvalue weighted by atomic mass is 16.6. The zero-order valence-electron chi connectivity index (χ0n) is 8.12. The minimum Gasteiger partial charge on any atom is -0.447 e. The molecule has 0 atom stereocenters. The molecule has 1 rings (SSSR count). The molecule has 0 radical (unpaired) electrons. The lowest BCUT2D eigenvalue weighted by molar-refractivity contribution is -0.123. The molecule has 6 heteroatoms. The van der Waals surface area contributed by atoms with Crippen LogP contribution in [-0.2, 0) is 14.3 Å². The van der Waals surface area contributed by atoms with E-state index in [1.165, 1.54) is 12.0 Å². The van der Waals surface area contributed by atoms with E-state index in [0.717, 1.165) is 0 Å². The Morgan fingerprint density at radius 3 is 3.00 bits per heavy atom. The SMILES string of the molecule is COCCOC(=O)N1CCNC(=O)C1. The second kappa shape index (κ2) is 5.43. The summed E-state index contributed by atoms with van der Waals surface area (Å²) in [6.45, 7) is 1.64. The fourth-order valence-corrected chi connectivity index (χ4v) is 1.10. The molecule has 80 valence electrons. The summed E-state index contributed by atoms with van der Waals surface area (Å²) in [7, 11) is 1.53. The van der Waals surface area contributed by atoms with Gasteiger partial charge < -0.3 is 14.8 Å². The Kier molecular flexibility index (Phi) is 4.18. The van der Waals surface area contributed by atoms with Crippen molar-refractivity contribution >= 4 is 12.0 Å². The van der Waals surface area contributed by atoms with Crippen LogP contribution in [0.4, 0.5) is 4.79 Å². The number of nitrogens with zero attached hydrogens (tertiary/aromatic N) is 1. The van der Waals surface area contributed by atoms with Crippen molar-refractivity contribution in [1.29, 1.82) is 0 Å². The maximum absolute atomic E-state index is 11.3. The Morgan fingerprint density at radius 2 is 2.36 bits per heavy atom. The van der Waals surface area contributed by atoms with Crippen LogP contribution in [0.3, 0.4) is 0 Å². The molecule has 0 spiro atoms. The molecule has 0 aliphatic carbocycles. The maximum atomic E-state index is 11.3. The van der Waals surface area contributed by atoms with Gasteiger partial charge >= 0.3 is 6.09 Å². The molecular weight excluding hydrogens is 188 g/mol. The van der Waals surface area contributed by atoms with Crippen molar-refractivity contribution in [2.45, 2.75) is 0 Å². The summed E-state index contributed by atoms with van der Waals surface area (Å²) in [5, 5.41) is 2.62. The van der Waals surface area contributed by atoms with Crippen LogP contribution in [0.5, 0.6) is 0 Å². The van der Waals surface area contributed by atoms with Crippen molar-refractivity contribution in [3.05, 3.63) is 0 Å². The standard InChI is InChI=1S/C8H14N2O4/c1-13-4-5-14-8(12)10-3-2-9-7(11)6-10/h2-6H2,1H3,(H,9,11). The normalized spacial score (nSPS) is 16.4. The summed E-state index contributed by atoms with van der Waals surface area (Å²) in [6, 6.07) is 0. The number of hydrogen-bond donors (Lipinski definition) is 1. The molecule has 14 heavy (non-hydrogen) atoms. The molecule has 1 heterocycles. The van der Waals surface area contributed by atoms with Gasteiger partial charge in [0.1, 0.15) is 13.2 Å². The first-order chi connectivity index (χ1) is 6.74. The summed E-state index contributed by atoms with van der Waals surface area (Å²) in [4.78, 5) is 23.6. The maximum Gasteiger partial charge on any atom is 0.410 e. The highest BCUT2D eigenvalue weighted by molar-refractivity contribution is 5.83. The minimum absolute atomic E-state index is 0.0752. The van der Waals surface area contributed by atoms with Gasteiger partial charge in [-0.1, -0.05) is 0 Å². The van der Waals surface area contributed by atoms with E-state index in [1.807, 2.05) is 0 Å². The van der Waals surface area contributed by atoms with Crippen LogP contribution in [0.2, 0.25) is 0 Å². The van der Waals surface area contributed by atoms with E-state index < -0.39 is 6.09 Å². The van der Waals surface area contributed by atoms with Gasteiger partial charge in [0.05, 0.1) is 6.61 Å². The van der Waals surface area contributed by atoms with Crippen LogP contribution >= 0.6 is 0 Å². The summed E-state index contributed by atoms with van der Waals surface area (Å²) in [5.41, 5.74) is 0. The number of hydrogen-bond acceptors (Lipinski definition) is 4. The third kappa shape index (κ3) is 3.21. The topological polar surface area (TPSA) is 67.9 Å². The van der Waals surface area contributed by atoms with E-state index in [1.54, 1.807) is 0 Å². The van der Waals surface area contributed by atoms with Gasteiger partial charge in [-0.15, -0.1) is 0 Å². The summed E-state index contributed by atoms with van der Waals surface area (Å²) in [6.07, 6.45) is -0.461. The molecule has 1 fully saturated rings. The van der Waals surface area contributed by atoms with Crippen molar-refractivity contribution in [2.24, 2.45) is 0 Å². The third-order valence-electron chi connectivity index (χ3n) is 1.81. The Balaban J connectivity index is 2.25. The quantitative estimate of drug-likeness (QED) is 0.608. The van der Waals surface area contributed by atoms with Crippen LogP contribution in [0, 0.1) is 0 Å². The van der Waals surface area contributed by atoms with Gasteiger partial charge in [-0.25, -0.2) is 4.79 Å². The monoisotopic (exact) mass is 202 g/mol. The van der Waals surface area contributed by atoms with Crippen LogP contribution in [0.1, 0.15) is 0 Å². The second-order valence-corrected chi connectivity index (χ2v) is 2.88. The molecule has 0 saturated carbocycles. The molecule has 1 aliphatic rings. The molecular formula is C8H14N2O4. The minimum atomic E-state index is -0.461. The Morgan fingerprint density at radius 1 is 1.57 bits per heavy atom. The van der Waals surface area contributed by atoms with Crippen LogP contribution in [-0.4, -0.2) is 56.9 Å². The molecule has 0 aromatic heterocycles. The molecule has 0 aromatic carbocycles. The first-order valence-electron chi connectivity index (χ1n) is 4.41. The number of methoxy groups -OCH3 is 1. The fourth-order valence-electron chi connectivity index (χ4n) is 1.10. The lowest BCUT2D eigenvalue weighted by Crippen LogP contribution is -2.50. The second-order valence-electron chi connectivity index (χ2n) is 2.88. The number of carbonyl (C=O) groups excluding carboxylic acids is 2. The zero-order valence-corrected chi connectivity index (χ0v) is 8.12. The van der Waals surface area contributed by atoms with Gasteiger partial charge in [0.15, 0.2) is 0 Å². The van der Waals surface area contributed by atoms with Crippen LogP contribution in [0.15, 0.2) is 0 Å². The molecule has 0 aromatic rings. The molecule has 0 bridgehead atoms. The van der Waals surface area contributed by atoms with E-state index in [9.17, 15) is 9.59 Å². The van der Waals surface area contributed by atoms with Crippen molar-refractivity contribution in [1.82, 2.24) is 10.2 Å². The molecule has 2 amide bonds. The number of carbonyl (C=O) groups is 2. The van der Waals surface area contributed by atoms with Gasteiger partial charge in [0.2, 0.25) is 5.91 Å². The van der Waals surface area contributed by atoms with E-state index in [4.69, 9.17) is 9.47 Å². The average Bonchev–Trinajstić information content (AvgIpc) is 2.18. The summed E-state index contributed by atoms with van der Waals surface area (Å²) < 4.78 is 9.58. The Bertz CT molecular complexity index is 219. The average molecular weight is 202 g/mol. The lowest BCUT2D eigenvalue weighted by Gasteiger charge is -2.25.